The Morgan fingerprint density at radius 3 is 2.64 bits per heavy atom. The maximum Gasteiger partial charge on any atom is 0.320 e. The van der Waals surface area contributed by atoms with E-state index in [4.69, 9.17) is 0 Å². The number of nitrogens with one attached hydrogen (secondary N) is 2. The number of thiophene rings is 1. The number of aromatic nitrogens is 2. The number of hydrogen-bond donors (Lipinski definition) is 2. The fourth-order valence-corrected chi connectivity index (χ4v) is 3.30. The molecule has 2 aromatic rings. The Labute approximate surface area is 153 Å². The van der Waals surface area contributed by atoms with Gasteiger partial charge in [-0.05, 0) is 35.5 Å². The molecule has 7 nitrogen and oxygen atoms in total. The number of urea groups is 1. The molecule has 0 bridgehead atoms. The number of carbonyl (C=O) groups is 1. The SMILES string of the molecule is CCN(CC)C(CNC(=O)Nc1cc(N(C)C)ncn1)c1ccsc1. The van der Waals surface area contributed by atoms with Crippen LogP contribution in [0, 0.1) is 0 Å². The number of amides is 2. The smallest absolute Gasteiger partial charge is 0.320 e. The van der Waals surface area contributed by atoms with Crippen molar-refractivity contribution in [1.82, 2.24) is 20.2 Å². The molecular formula is C17H26N6OS. The van der Waals surface area contributed by atoms with Crippen molar-refractivity contribution in [2.75, 3.05) is 43.9 Å². The molecule has 2 aromatic heterocycles. The van der Waals surface area contributed by atoms with Crippen LogP contribution < -0.4 is 15.5 Å². The predicted octanol–water partition coefficient (Wildman–Crippen LogP) is 2.81. The van der Waals surface area contributed by atoms with Gasteiger partial charge in [-0.3, -0.25) is 10.2 Å². The van der Waals surface area contributed by atoms with E-state index in [-0.39, 0.29) is 12.1 Å². The zero-order chi connectivity index (χ0) is 18.2. The van der Waals surface area contributed by atoms with Crippen LogP contribution in [0.2, 0.25) is 0 Å². The molecule has 136 valence electrons. The van der Waals surface area contributed by atoms with Crippen LogP contribution in [0.4, 0.5) is 16.4 Å². The lowest BCUT2D eigenvalue weighted by atomic mass is 10.1. The van der Waals surface area contributed by atoms with E-state index in [1.54, 1.807) is 17.4 Å². The average Bonchev–Trinajstić information content (AvgIpc) is 3.13. The normalized spacial score (nSPS) is 12.0. The Morgan fingerprint density at radius 1 is 1.28 bits per heavy atom. The van der Waals surface area contributed by atoms with Crippen molar-refractivity contribution in [3.8, 4) is 0 Å². The van der Waals surface area contributed by atoms with Gasteiger partial charge in [-0.1, -0.05) is 13.8 Å². The molecule has 2 heterocycles. The number of nitrogens with zero attached hydrogens (tertiary/aromatic N) is 4. The maximum atomic E-state index is 12.3. The highest BCUT2D eigenvalue weighted by Crippen LogP contribution is 2.22. The summed E-state index contributed by atoms with van der Waals surface area (Å²) in [7, 11) is 3.78. The minimum Gasteiger partial charge on any atom is -0.363 e. The summed E-state index contributed by atoms with van der Waals surface area (Å²) in [6.07, 6.45) is 1.44. The van der Waals surface area contributed by atoms with Crippen LogP contribution in [0.1, 0.15) is 25.5 Å². The van der Waals surface area contributed by atoms with E-state index in [0.29, 0.717) is 12.4 Å². The molecule has 0 spiro atoms. The molecule has 2 rings (SSSR count). The quantitative estimate of drug-likeness (QED) is 0.755. The monoisotopic (exact) mass is 362 g/mol. The lowest BCUT2D eigenvalue weighted by Crippen LogP contribution is -2.39. The fraction of sp³-hybridized carbons (Fsp3) is 0.471. The molecule has 1 unspecified atom stereocenters. The summed E-state index contributed by atoms with van der Waals surface area (Å²) in [5.74, 6) is 1.22. The van der Waals surface area contributed by atoms with Gasteiger partial charge in [-0.25, -0.2) is 14.8 Å². The van der Waals surface area contributed by atoms with Gasteiger partial charge in [-0.2, -0.15) is 11.3 Å². The van der Waals surface area contributed by atoms with Gasteiger partial charge in [0.05, 0.1) is 6.04 Å². The van der Waals surface area contributed by atoms with Gasteiger partial charge in [0.2, 0.25) is 0 Å². The lowest BCUT2D eigenvalue weighted by molar-refractivity contribution is 0.210. The Balaban J connectivity index is 1.98. The number of hydrogen-bond acceptors (Lipinski definition) is 6. The molecular weight excluding hydrogens is 336 g/mol. The molecule has 2 amide bonds. The number of anilines is 2. The standard InChI is InChI=1S/C17H26N6OS/c1-5-23(6-2)14(13-7-8-25-11-13)10-18-17(24)21-15-9-16(22(3)4)20-12-19-15/h7-9,11-12,14H,5-6,10H2,1-4H3,(H2,18,19,20,21,24). The Morgan fingerprint density at radius 2 is 2.04 bits per heavy atom. The molecule has 2 N–H and O–H groups in total. The zero-order valence-electron chi connectivity index (χ0n) is 15.2. The minimum absolute atomic E-state index is 0.162. The van der Waals surface area contributed by atoms with E-state index in [0.717, 1.165) is 18.9 Å². The first-order valence-corrected chi connectivity index (χ1v) is 9.29. The van der Waals surface area contributed by atoms with Crippen LogP contribution in [0.25, 0.3) is 0 Å². The van der Waals surface area contributed by atoms with E-state index in [2.05, 4.69) is 56.2 Å². The van der Waals surface area contributed by atoms with E-state index >= 15 is 0 Å². The molecule has 0 aliphatic heterocycles. The summed E-state index contributed by atoms with van der Waals surface area (Å²) < 4.78 is 0. The van der Waals surface area contributed by atoms with Crippen molar-refractivity contribution in [2.45, 2.75) is 19.9 Å². The predicted molar refractivity (Wildman–Crippen MR) is 103 cm³/mol. The highest BCUT2D eigenvalue weighted by atomic mass is 32.1. The van der Waals surface area contributed by atoms with Crippen LogP contribution in [0.3, 0.4) is 0 Å². The van der Waals surface area contributed by atoms with Crippen LogP contribution in [0.5, 0.6) is 0 Å². The maximum absolute atomic E-state index is 12.3. The zero-order valence-corrected chi connectivity index (χ0v) is 16.0. The van der Waals surface area contributed by atoms with Crippen LogP contribution in [-0.4, -0.2) is 54.6 Å². The van der Waals surface area contributed by atoms with Gasteiger partial charge in [-0.15, -0.1) is 0 Å². The Bertz CT molecular complexity index is 657. The largest absolute Gasteiger partial charge is 0.363 e. The minimum atomic E-state index is -0.268. The number of carbonyl (C=O) groups excluding carboxylic acids is 1. The molecule has 1 atom stereocenters. The Kier molecular flexibility index (Phi) is 7.15. The van der Waals surface area contributed by atoms with Crippen LogP contribution in [-0.2, 0) is 0 Å². The van der Waals surface area contributed by atoms with E-state index in [1.807, 2.05) is 19.0 Å². The molecule has 0 saturated carbocycles. The third-order valence-electron chi connectivity index (χ3n) is 3.99. The third kappa shape index (κ3) is 5.40. The van der Waals surface area contributed by atoms with E-state index in [1.165, 1.54) is 11.9 Å². The van der Waals surface area contributed by atoms with Crippen LogP contribution >= 0.6 is 11.3 Å². The molecule has 0 aromatic carbocycles. The average molecular weight is 363 g/mol. The summed E-state index contributed by atoms with van der Waals surface area (Å²) in [6.45, 7) is 6.66. The van der Waals surface area contributed by atoms with Crippen molar-refractivity contribution < 1.29 is 4.79 Å². The second kappa shape index (κ2) is 9.33. The molecule has 0 aliphatic carbocycles. The number of rotatable bonds is 8. The molecule has 25 heavy (non-hydrogen) atoms. The molecule has 0 aliphatic rings. The Hall–Kier alpha value is -2.19. The van der Waals surface area contributed by atoms with Crippen molar-refractivity contribution in [3.63, 3.8) is 0 Å². The summed E-state index contributed by atoms with van der Waals surface area (Å²) in [4.78, 5) is 24.7. The highest BCUT2D eigenvalue weighted by Gasteiger charge is 2.19. The first-order valence-electron chi connectivity index (χ1n) is 8.35. The fourth-order valence-electron chi connectivity index (χ4n) is 2.60. The van der Waals surface area contributed by atoms with E-state index < -0.39 is 0 Å². The second-order valence-electron chi connectivity index (χ2n) is 5.78. The van der Waals surface area contributed by atoms with Gasteiger partial charge < -0.3 is 10.2 Å². The molecule has 0 fully saturated rings. The van der Waals surface area contributed by atoms with Gasteiger partial charge in [0.15, 0.2) is 0 Å². The molecule has 0 radical (unpaired) electrons. The highest BCUT2D eigenvalue weighted by molar-refractivity contribution is 7.07. The summed E-state index contributed by atoms with van der Waals surface area (Å²) >= 11 is 1.67. The van der Waals surface area contributed by atoms with Gasteiger partial charge in [0.1, 0.15) is 18.0 Å². The first kappa shape index (κ1) is 19.1. The van der Waals surface area contributed by atoms with E-state index in [9.17, 15) is 4.79 Å². The second-order valence-corrected chi connectivity index (χ2v) is 6.56. The lowest BCUT2D eigenvalue weighted by Gasteiger charge is -2.29. The number of likely N-dealkylation sites (N-methyl/N-ethyl adjacent to an activating group) is 1. The van der Waals surface area contributed by atoms with Gasteiger partial charge in [0.25, 0.3) is 0 Å². The van der Waals surface area contributed by atoms with Crippen LogP contribution in [0.15, 0.2) is 29.2 Å². The van der Waals surface area contributed by atoms with Crippen molar-refractivity contribution in [1.29, 1.82) is 0 Å². The molecule has 8 heteroatoms. The summed E-state index contributed by atoms with van der Waals surface area (Å²) in [6, 6.07) is 3.74. The molecule has 0 saturated heterocycles. The third-order valence-corrected chi connectivity index (χ3v) is 4.69. The van der Waals surface area contributed by atoms with Crippen molar-refractivity contribution in [3.05, 3.63) is 34.8 Å². The summed E-state index contributed by atoms with van der Waals surface area (Å²) in [5, 5.41) is 9.93. The topological polar surface area (TPSA) is 73.4 Å². The summed E-state index contributed by atoms with van der Waals surface area (Å²) in [5.41, 5.74) is 1.23. The van der Waals surface area contributed by atoms with Gasteiger partial charge >= 0.3 is 6.03 Å². The first-order chi connectivity index (χ1) is 12.0. The van der Waals surface area contributed by atoms with Crippen molar-refractivity contribution in [2.24, 2.45) is 0 Å². The van der Waals surface area contributed by atoms with Gasteiger partial charge in [0, 0.05) is 26.7 Å². The van der Waals surface area contributed by atoms with Crippen molar-refractivity contribution >= 4 is 29.0 Å².